The van der Waals surface area contributed by atoms with Crippen LogP contribution in [0.25, 0.3) is 22.0 Å². The summed E-state index contributed by atoms with van der Waals surface area (Å²) < 4.78 is 27.2. The molecule has 0 bridgehead atoms. The van der Waals surface area contributed by atoms with Gasteiger partial charge in [-0.25, -0.2) is 13.4 Å². The van der Waals surface area contributed by atoms with Crippen molar-refractivity contribution in [1.82, 2.24) is 4.98 Å². The van der Waals surface area contributed by atoms with Crippen molar-refractivity contribution in [3.8, 4) is 0 Å². The van der Waals surface area contributed by atoms with Crippen molar-refractivity contribution in [2.24, 2.45) is 0 Å². The van der Waals surface area contributed by atoms with Crippen molar-refractivity contribution in [1.29, 1.82) is 0 Å². The summed E-state index contributed by atoms with van der Waals surface area (Å²) in [5.74, 6) is 0. The van der Waals surface area contributed by atoms with Gasteiger partial charge < -0.3 is 9.54 Å². The number of aryl methyl sites for hydroxylation is 1. The fraction of sp³-hybridized carbons (Fsp3) is 0.115. The second-order valence-corrected chi connectivity index (χ2v) is 9.03. The number of hydrogen-bond donors (Lipinski definition) is 2. The molecule has 0 amide bonds. The summed E-state index contributed by atoms with van der Waals surface area (Å²) in [6.07, 6.45) is 5.92. The van der Waals surface area contributed by atoms with Crippen LogP contribution < -0.4 is 4.99 Å². The summed E-state index contributed by atoms with van der Waals surface area (Å²) in [7, 11) is -3.92. The third-order valence-corrected chi connectivity index (χ3v) is 5.37. The van der Waals surface area contributed by atoms with Crippen LogP contribution in [0.2, 0.25) is 0 Å². The first-order valence-corrected chi connectivity index (χ1v) is 12.2. The first-order chi connectivity index (χ1) is 15.3. The molecule has 0 unspecified atom stereocenters. The Balaban J connectivity index is 0.000000444. The Morgan fingerprint density at radius 3 is 2.34 bits per heavy atom. The van der Waals surface area contributed by atoms with Gasteiger partial charge in [0.1, 0.15) is 0 Å². The predicted octanol–water partition coefficient (Wildman–Crippen LogP) is 3.65. The number of para-hydroxylation sites is 2. The van der Waals surface area contributed by atoms with Gasteiger partial charge in [0.15, 0.2) is 6.21 Å². The molecule has 0 saturated carbocycles. The van der Waals surface area contributed by atoms with Crippen LogP contribution in [0.3, 0.4) is 0 Å². The first-order valence-electron chi connectivity index (χ1n) is 10.3. The maximum atomic E-state index is 9.08. The zero-order valence-electron chi connectivity index (χ0n) is 17.9. The van der Waals surface area contributed by atoms with Crippen LogP contribution in [0, 0.1) is 0 Å². The van der Waals surface area contributed by atoms with Crippen molar-refractivity contribution >= 4 is 44.1 Å². The molecular formula is C26H24N2O3S. The van der Waals surface area contributed by atoms with Gasteiger partial charge in [-0.1, -0.05) is 61.5 Å². The van der Waals surface area contributed by atoms with E-state index >= 15 is 0 Å². The van der Waals surface area contributed by atoms with E-state index in [1.54, 1.807) is 0 Å². The number of aromatic amines is 1. The predicted molar refractivity (Wildman–Crippen MR) is 129 cm³/mol. The molecule has 4 aromatic rings. The lowest BCUT2D eigenvalue weighted by molar-refractivity contribution is -0.342. The molecule has 2 N–H and O–H groups in total. The molecule has 0 radical (unpaired) electrons. The molecular weight excluding hydrogens is 420 g/mol. The number of rotatable bonds is 3. The number of hydrogen-bond acceptors (Lipinski definition) is 3. The molecule has 1 aliphatic heterocycles. The van der Waals surface area contributed by atoms with Crippen LogP contribution in [0.5, 0.6) is 0 Å². The van der Waals surface area contributed by atoms with Crippen molar-refractivity contribution in [3.63, 3.8) is 0 Å². The lowest BCUT2D eigenvalue weighted by atomic mass is 9.89. The zero-order chi connectivity index (χ0) is 22.7. The summed E-state index contributed by atoms with van der Waals surface area (Å²) >= 11 is 0. The molecule has 2 heterocycles. The zero-order valence-corrected chi connectivity index (χ0v) is 18.7. The topological polar surface area (TPSA) is 87.0 Å². The van der Waals surface area contributed by atoms with E-state index in [9.17, 15) is 0 Å². The van der Waals surface area contributed by atoms with Crippen molar-refractivity contribution in [2.45, 2.75) is 13.3 Å². The van der Waals surface area contributed by atoms with Crippen LogP contribution >= 0.6 is 0 Å². The summed E-state index contributed by atoms with van der Waals surface area (Å²) in [6.45, 7) is 2.19. The standard InChI is InChI=1S/C25H20N2.CH4O3S/c1-2-17-11-13-18(14-12-17)25(21-15-26-23-9-5-3-7-19(21)23)22-16-27-24-10-6-4-8-20(22)24;1-5(2,3)4/h3-16,26H,2H2,1H3;1H3,(H,2,3,4). The first kappa shape index (κ1) is 21.7. The highest BCUT2D eigenvalue weighted by Crippen LogP contribution is 2.37. The molecule has 1 aliphatic rings. The van der Waals surface area contributed by atoms with Gasteiger partial charge in [0, 0.05) is 40.6 Å². The van der Waals surface area contributed by atoms with E-state index in [4.69, 9.17) is 13.0 Å². The molecule has 0 saturated heterocycles. The van der Waals surface area contributed by atoms with E-state index in [0.29, 0.717) is 6.26 Å². The Labute approximate surface area is 187 Å². The Hall–Kier alpha value is -3.48. The average Bonchev–Trinajstić information content (AvgIpc) is 3.39. The highest BCUT2D eigenvalue weighted by Gasteiger charge is 2.24. The Morgan fingerprint density at radius 2 is 1.62 bits per heavy atom. The average molecular weight is 445 g/mol. The van der Waals surface area contributed by atoms with E-state index in [2.05, 4.69) is 102 Å². The highest BCUT2D eigenvalue weighted by atomic mass is 32.2. The Morgan fingerprint density at radius 1 is 0.969 bits per heavy atom. The summed E-state index contributed by atoms with van der Waals surface area (Å²) in [5.41, 5.74) is 9.90. The largest absolute Gasteiger partial charge is 0.748 e. The van der Waals surface area contributed by atoms with Crippen LogP contribution in [0.15, 0.2) is 79.0 Å². The summed E-state index contributed by atoms with van der Waals surface area (Å²) in [5, 5.41) is 1.25. The van der Waals surface area contributed by atoms with Crippen LogP contribution in [0.1, 0.15) is 29.2 Å². The molecule has 0 aliphatic carbocycles. The van der Waals surface area contributed by atoms with Gasteiger partial charge >= 0.3 is 0 Å². The minimum atomic E-state index is -3.92. The molecule has 0 atom stereocenters. The number of aromatic nitrogens is 1. The third-order valence-electron chi connectivity index (χ3n) is 5.37. The second kappa shape index (κ2) is 8.94. The molecule has 6 heteroatoms. The van der Waals surface area contributed by atoms with Gasteiger partial charge in [0.05, 0.1) is 21.3 Å². The number of fused-ring (bicyclic) bond motifs is 2. The molecule has 0 spiro atoms. The van der Waals surface area contributed by atoms with Crippen molar-refractivity contribution < 1.29 is 18.0 Å². The molecule has 1 aromatic heterocycles. The molecule has 32 heavy (non-hydrogen) atoms. The van der Waals surface area contributed by atoms with Crippen molar-refractivity contribution in [2.75, 3.05) is 6.26 Å². The lowest BCUT2D eigenvalue weighted by Gasteiger charge is -2.11. The maximum absolute atomic E-state index is 9.08. The Kier molecular flexibility index (Phi) is 6.08. The Bertz CT molecular complexity index is 1420. The smallest absolute Gasteiger partial charge is 0.211 e. The normalized spacial score (nSPS) is 14.1. The van der Waals surface area contributed by atoms with Gasteiger partial charge in [-0.05, 0) is 29.7 Å². The lowest BCUT2D eigenvalue weighted by Crippen LogP contribution is -2.58. The van der Waals surface area contributed by atoms with E-state index in [1.807, 2.05) is 0 Å². The monoisotopic (exact) mass is 444 g/mol. The van der Waals surface area contributed by atoms with E-state index < -0.39 is 10.1 Å². The van der Waals surface area contributed by atoms with Crippen LogP contribution in [0.4, 0.5) is 5.69 Å². The van der Waals surface area contributed by atoms with Gasteiger partial charge in [0.2, 0.25) is 5.69 Å². The summed E-state index contributed by atoms with van der Waals surface area (Å²) in [4.78, 5) is 6.88. The molecule has 0 fully saturated rings. The van der Waals surface area contributed by atoms with Crippen molar-refractivity contribution in [3.05, 3.63) is 101 Å². The molecule has 5 nitrogen and oxygen atoms in total. The molecule has 3 aromatic carbocycles. The summed E-state index contributed by atoms with van der Waals surface area (Å²) in [6, 6.07) is 26.0. The SMILES string of the molecule is CCc1ccc(C(=C2C=[NH+]c3ccccc32)c2c[nH]c3ccccc23)cc1.CS(=O)(=O)[O-]. The van der Waals surface area contributed by atoms with Crippen LogP contribution in [-0.4, -0.2) is 30.4 Å². The highest BCUT2D eigenvalue weighted by molar-refractivity contribution is 7.84. The quantitative estimate of drug-likeness (QED) is 0.473. The number of benzene rings is 3. The van der Waals surface area contributed by atoms with Gasteiger partial charge in [-0.15, -0.1) is 0 Å². The van der Waals surface area contributed by atoms with E-state index in [1.165, 1.54) is 38.8 Å². The van der Waals surface area contributed by atoms with Crippen LogP contribution in [-0.2, 0) is 16.5 Å². The number of allylic oxidation sites excluding steroid dienone is 1. The maximum Gasteiger partial charge on any atom is 0.211 e. The molecule has 5 rings (SSSR count). The number of nitrogens with one attached hydrogen (secondary N) is 2. The van der Waals surface area contributed by atoms with E-state index in [-0.39, 0.29) is 0 Å². The van der Waals surface area contributed by atoms with E-state index in [0.717, 1.165) is 17.6 Å². The fourth-order valence-corrected chi connectivity index (χ4v) is 3.92. The fourth-order valence-electron chi connectivity index (χ4n) is 3.92. The number of H-pyrrole nitrogens is 1. The minimum Gasteiger partial charge on any atom is -0.748 e. The van der Waals surface area contributed by atoms with Gasteiger partial charge in [0.25, 0.3) is 0 Å². The van der Waals surface area contributed by atoms with Gasteiger partial charge in [-0.2, -0.15) is 0 Å². The third kappa shape index (κ3) is 4.72. The molecule has 162 valence electrons. The second-order valence-electron chi connectivity index (χ2n) is 7.63. The van der Waals surface area contributed by atoms with Gasteiger partial charge in [-0.3, -0.25) is 0 Å². The minimum absolute atomic E-state index is 0.604.